The van der Waals surface area contributed by atoms with Crippen LogP contribution < -0.4 is 24.0 Å². The van der Waals surface area contributed by atoms with Crippen molar-refractivity contribution in [2.24, 2.45) is 5.92 Å². The first kappa shape index (κ1) is 17.7. The Morgan fingerprint density at radius 3 is 2.50 bits per heavy atom. The van der Waals surface area contributed by atoms with Crippen molar-refractivity contribution in [2.45, 2.75) is 31.2 Å². The average Bonchev–Trinajstić information content (AvgIpc) is 2.53. The fourth-order valence-electron chi connectivity index (χ4n) is 5.28. The highest BCUT2D eigenvalue weighted by Gasteiger charge is 2.56. The largest absolute Gasteiger partial charge is 1.00 e. The Kier molecular flexibility index (Phi) is 4.45. The number of likely N-dealkylation sites (tertiary alicyclic amines) is 1. The van der Waals surface area contributed by atoms with Crippen molar-refractivity contribution in [3.63, 3.8) is 0 Å². The van der Waals surface area contributed by atoms with E-state index in [2.05, 4.69) is 57.4 Å². The van der Waals surface area contributed by atoms with E-state index in [4.69, 9.17) is 0 Å². The molecule has 2 aliphatic rings. The summed E-state index contributed by atoms with van der Waals surface area (Å²) >= 11 is 0. The SMILES string of the molecule is C[C@H]1[C@H]2Cc3ccc(O)cc3[C@]1(c1ccccc1)CC[N+]2(C)C.[I-]. The Morgan fingerprint density at radius 2 is 1.79 bits per heavy atom. The van der Waals surface area contributed by atoms with E-state index in [9.17, 15) is 5.11 Å². The lowest BCUT2D eigenvalue weighted by Crippen LogP contribution is -3.00. The van der Waals surface area contributed by atoms with E-state index in [-0.39, 0.29) is 29.4 Å². The molecule has 2 bridgehead atoms. The molecule has 4 rings (SSSR count). The van der Waals surface area contributed by atoms with Crippen LogP contribution in [0.2, 0.25) is 0 Å². The van der Waals surface area contributed by atoms with Gasteiger partial charge >= 0.3 is 0 Å². The van der Waals surface area contributed by atoms with Crippen LogP contribution in [0, 0.1) is 5.92 Å². The number of phenols is 1. The maximum Gasteiger partial charge on any atom is 0.115 e. The Morgan fingerprint density at radius 1 is 1.08 bits per heavy atom. The summed E-state index contributed by atoms with van der Waals surface area (Å²) in [4.78, 5) is 0. The van der Waals surface area contributed by atoms with Gasteiger partial charge in [0.05, 0.1) is 26.7 Å². The molecule has 2 aromatic rings. The second-order valence-corrected chi connectivity index (χ2v) is 7.99. The summed E-state index contributed by atoms with van der Waals surface area (Å²) < 4.78 is 1.09. The van der Waals surface area contributed by atoms with Crippen molar-refractivity contribution in [3.05, 3.63) is 65.2 Å². The van der Waals surface area contributed by atoms with Crippen LogP contribution in [0.15, 0.2) is 48.5 Å². The highest BCUT2D eigenvalue weighted by atomic mass is 127. The van der Waals surface area contributed by atoms with Crippen LogP contribution >= 0.6 is 0 Å². The highest BCUT2D eigenvalue weighted by Crippen LogP contribution is 2.54. The molecule has 0 amide bonds. The molecule has 3 atom stereocenters. The third-order valence-corrected chi connectivity index (χ3v) is 6.63. The number of hydrogen-bond donors (Lipinski definition) is 1. The number of benzene rings is 2. The molecule has 1 saturated heterocycles. The molecule has 0 spiro atoms. The van der Waals surface area contributed by atoms with Crippen molar-refractivity contribution >= 4 is 0 Å². The fourth-order valence-corrected chi connectivity index (χ4v) is 5.28. The monoisotopic (exact) mass is 435 g/mol. The number of halogens is 1. The van der Waals surface area contributed by atoms with Gasteiger partial charge in [-0.3, -0.25) is 0 Å². The summed E-state index contributed by atoms with van der Waals surface area (Å²) in [7, 11) is 4.75. The summed E-state index contributed by atoms with van der Waals surface area (Å²) in [6.07, 6.45) is 2.25. The van der Waals surface area contributed by atoms with Gasteiger partial charge in [0, 0.05) is 24.2 Å². The molecule has 1 aliphatic heterocycles. The van der Waals surface area contributed by atoms with Gasteiger partial charge in [-0.2, -0.15) is 0 Å². The Labute approximate surface area is 162 Å². The van der Waals surface area contributed by atoms with Gasteiger partial charge in [-0.25, -0.2) is 0 Å². The van der Waals surface area contributed by atoms with Crippen molar-refractivity contribution in [2.75, 3.05) is 20.6 Å². The lowest BCUT2D eigenvalue weighted by molar-refractivity contribution is -0.926. The number of aromatic hydroxyl groups is 1. The third-order valence-electron chi connectivity index (χ3n) is 6.63. The zero-order chi connectivity index (χ0) is 16.2. The minimum absolute atomic E-state index is 0. The molecule has 0 unspecified atom stereocenters. The quantitative estimate of drug-likeness (QED) is 0.517. The molecule has 1 N–H and O–H groups in total. The zero-order valence-electron chi connectivity index (χ0n) is 14.7. The zero-order valence-corrected chi connectivity index (χ0v) is 16.8. The van der Waals surface area contributed by atoms with Gasteiger partial charge in [-0.15, -0.1) is 0 Å². The van der Waals surface area contributed by atoms with E-state index in [1.54, 1.807) is 0 Å². The molecule has 2 aromatic carbocycles. The van der Waals surface area contributed by atoms with Gasteiger partial charge in [0.25, 0.3) is 0 Å². The lowest BCUT2D eigenvalue weighted by Gasteiger charge is -2.58. The summed E-state index contributed by atoms with van der Waals surface area (Å²) in [6.45, 7) is 3.60. The molecular formula is C21H26INO. The van der Waals surface area contributed by atoms with Crippen LogP contribution in [0.5, 0.6) is 5.75 Å². The number of fused-ring (bicyclic) bond motifs is 4. The molecule has 3 heteroatoms. The lowest BCUT2D eigenvalue weighted by atomic mass is 9.54. The standard InChI is InChI=1S/C21H25NO.HI/c1-15-20-13-16-9-10-18(23)14-19(16)21(15,11-12-22(20,2)3)17-7-5-4-6-8-17;/h4-10,14-15,20H,11-13H2,1-3H3;1H/t15-,20+,21+;/m0./s1. The summed E-state index contributed by atoms with van der Waals surface area (Å²) in [6, 6.07) is 17.6. The molecular weight excluding hydrogens is 409 g/mol. The van der Waals surface area contributed by atoms with Crippen LogP contribution in [0.3, 0.4) is 0 Å². The first-order valence-electron chi connectivity index (χ1n) is 8.66. The van der Waals surface area contributed by atoms with E-state index >= 15 is 0 Å². The van der Waals surface area contributed by atoms with E-state index in [1.807, 2.05) is 12.1 Å². The summed E-state index contributed by atoms with van der Waals surface area (Å²) in [5.74, 6) is 0.951. The van der Waals surface area contributed by atoms with Crippen LogP contribution in [-0.2, 0) is 11.8 Å². The minimum Gasteiger partial charge on any atom is -1.00 e. The third kappa shape index (κ3) is 2.39. The first-order valence-corrected chi connectivity index (χ1v) is 8.66. The fraction of sp³-hybridized carbons (Fsp3) is 0.429. The molecule has 1 heterocycles. The number of piperidine rings is 1. The smallest absolute Gasteiger partial charge is 0.115 e. The van der Waals surface area contributed by atoms with Crippen molar-refractivity contribution < 1.29 is 33.6 Å². The van der Waals surface area contributed by atoms with Crippen LogP contribution in [0.1, 0.15) is 30.0 Å². The number of phenolic OH excluding ortho intramolecular Hbond substituents is 1. The van der Waals surface area contributed by atoms with Gasteiger partial charge in [0.15, 0.2) is 0 Å². The highest BCUT2D eigenvalue weighted by molar-refractivity contribution is 5.50. The molecule has 0 saturated carbocycles. The number of likely N-dealkylation sites (N-methyl/N-ethyl adjacent to an activating group) is 1. The second-order valence-electron chi connectivity index (χ2n) is 7.99. The molecule has 0 radical (unpaired) electrons. The van der Waals surface area contributed by atoms with Crippen molar-refractivity contribution in [1.29, 1.82) is 0 Å². The minimum atomic E-state index is 0. The van der Waals surface area contributed by atoms with Crippen molar-refractivity contribution in [3.8, 4) is 5.75 Å². The van der Waals surface area contributed by atoms with Crippen LogP contribution in [-0.4, -0.2) is 36.3 Å². The summed E-state index contributed by atoms with van der Waals surface area (Å²) in [5.41, 5.74) is 4.21. The number of hydrogen-bond acceptors (Lipinski definition) is 1. The molecule has 1 aliphatic carbocycles. The van der Waals surface area contributed by atoms with E-state index in [0.717, 1.165) is 17.3 Å². The number of nitrogens with zero attached hydrogens (tertiary/aromatic N) is 1. The molecule has 2 nitrogen and oxygen atoms in total. The normalized spacial score (nSPS) is 30.1. The number of rotatable bonds is 1. The van der Waals surface area contributed by atoms with E-state index in [1.165, 1.54) is 23.2 Å². The Balaban J connectivity index is 0.00000169. The van der Waals surface area contributed by atoms with Gasteiger partial charge in [-0.05, 0) is 28.8 Å². The van der Waals surface area contributed by atoms with E-state index in [0.29, 0.717) is 17.7 Å². The average molecular weight is 435 g/mol. The maximum atomic E-state index is 10.1. The molecule has 0 aromatic heterocycles. The van der Waals surface area contributed by atoms with Gasteiger partial charge in [-0.1, -0.05) is 43.3 Å². The molecule has 24 heavy (non-hydrogen) atoms. The van der Waals surface area contributed by atoms with Crippen LogP contribution in [0.4, 0.5) is 0 Å². The van der Waals surface area contributed by atoms with Gasteiger partial charge in [0.1, 0.15) is 5.75 Å². The first-order chi connectivity index (χ1) is 10.9. The molecule has 128 valence electrons. The van der Waals surface area contributed by atoms with Gasteiger partial charge < -0.3 is 33.6 Å². The predicted octanol–water partition coefficient (Wildman–Crippen LogP) is 0.723. The van der Waals surface area contributed by atoms with Crippen LogP contribution in [0.25, 0.3) is 0 Å². The topological polar surface area (TPSA) is 20.2 Å². The maximum absolute atomic E-state index is 10.1. The molecule has 1 fully saturated rings. The predicted molar refractivity (Wildman–Crippen MR) is 93.6 cm³/mol. The number of quaternary nitrogens is 1. The Bertz CT molecular complexity index is 743. The van der Waals surface area contributed by atoms with Gasteiger partial charge in [0.2, 0.25) is 0 Å². The second kappa shape index (κ2) is 6.03. The Hall–Kier alpha value is -1.07. The van der Waals surface area contributed by atoms with Crippen molar-refractivity contribution in [1.82, 2.24) is 0 Å². The van der Waals surface area contributed by atoms with E-state index < -0.39 is 0 Å². The summed E-state index contributed by atoms with van der Waals surface area (Å²) in [5, 5.41) is 10.1.